The molecule has 0 aliphatic carbocycles. The SMILES string of the molecule is CC(C)C(O)C(C)Br. The smallest absolute Gasteiger partial charge is 0.0685 e. The lowest BCUT2D eigenvalue weighted by atomic mass is 10.1. The Morgan fingerprint density at radius 1 is 1.25 bits per heavy atom. The van der Waals surface area contributed by atoms with Gasteiger partial charge in [-0.3, -0.25) is 0 Å². The Balaban J connectivity index is 3.46. The summed E-state index contributed by atoms with van der Waals surface area (Å²) >= 11 is 3.29. The van der Waals surface area contributed by atoms with Gasteiger partial charge in [-0.25, -0.2) is 0 Å². The highest BCUT2D eigenvalue weighted by atomic mass is 79.9. The summed E-state index contributed by atoms with van der Waals surface area (Å²) in [6.07, 6.45) is -0.213. The van der Waals surface area contributed by atoms with Crippen LogP contribution in [-0.4, -0.2) is 16.0 Å². The van der Waals surface area contributed by atoms with E-state index in [0.29, 0.717) is 5.92 Å². The van der Waals surface area contributed by atoms with Crippen LogP contribution in [0.15, 0.2) is 0 Å². The van der Waals surface area contributed by atoms with Crippen LogP contribution < -0.4 is 0 Å². The fourth-order valence-electron chi connectivity index (χ4n) is 0.530. The molecular formula is C6H13BrO. The Morgan fingerprint density at radius 3 is 1.62 bits per heavy atom. The molecule has 0 aromatic heterocycles. The minimum absolute atomic E-state index is 0.211. The molecule has 2 atom stereocenters. The summed E-state index contributed by atoms with van der Waals surface area (Å²) in [6, 6.07) is 0. The first kappa shape index (κ1) is 8.44. The van der Waals surface area contributed by atoms with Crippen molar-refractivity contribution in [3.05, 3.63) is 0 Å². The van der Waals surface area contributed by atoms with E-state index in [0.717, 1.165) is 0 Å². The molecule has 0 bridgehead atoms. The van der Waals surface area contributed by atoms with Gasteiger partial charge in [0.1, 0.15) is 0 Å². The second kappa shape index (κ2) is 3.46. The lowest BCUT2D eigenvalue weighted by Crippen LogP contribution is -2.23. The molecule has 50 valence electrons. The molecule has 0 heterocycles. The minimum Gasteiger partial charge on any atom is -0.392 e. The summed E-state index contributed by atoms with van der Waals surface area (Å²) < 4.78 is 0. The van der Waals surface area contributed by atoms with Crippen molar-refractivity contribution >= 4 is 15.9 Å². The second-order valence-corrected chi connectivity index (χ2v) is 3.86. The molecule has 0 saturated heterocycles. The third-order valence-corrected chi connectivity index (χ3v) is 1.70. The summed E-state index contributed by atoms with van der Waals surface area (Å²) in [5.41, 5.74) is 0. The molecule has 1 nitrogen and oxygen atoms in total. The van der Waals surface area contributed by atoms with Gasteiger partial charge in [0, 0.05) is 4.83 Å². The van der Waals surface area contributed by atoms with Gasteiger partial charge in [-0.2, -0.15) is 0 Å². The van der Waals surface area contributed by atoms with E-state index in [1.54, 1.807) is 0 Å². The van der Waals surface area contributed by atoms with Gasteiger partial charge < -0.3 is 5.11 Å². The van der Waals surface area contributed by atoms with Gasteiger partial charge in [-0.1, -0.05) is 36.7 Å². The van der Waals surface area contributed by atoms with E-state index in [1.807, 2.05) is 20.8 Å². The maximum Gasteiger partial charge on any atom is 0.0685 e. The molecule has 0 spiro atoms. The monoisotopic (exact) mass is 180 g/mol. The van der Waals surface area contributed by atoms with Crippen molar-refractivity contribution in [2.75, 3.05) is 0 Å². The van der Waals surface area contributed by atoms with Gasteiger partial charge >= 0.3 is 0 Å². The Hall–Kier alpha value is 0.440. The number of rotatable bonds is 2. The van der Waals surface area contributed by atoms with Crippen molar-refractivity contribution in [2.24, 2.45) is 5.92 Å². The first-order chi connectivity index (χ1) is 3.55. The standard InChI is InChI=1S/C6H13BrO/c1-4(2)6(8)5(3)7/h4-6,8H,1-3H3. The molecule has 8 heavy (non-hydrogen) atoms. The summed E-state index contributed by atoms with van der Waals surface area (Å²) in [7, 11) is 0. The third-order valence-electron chi connectivity index (χ3n) is 1.15. The largest absolute Gasteiger partial charge is 0.392 e. The lowest BCUT2D eigenvalue weighted by Gasteiger charge is -2.15. The number of aliphatic hydroxyl groups excluding tert-OH is 1. The Kier molecular flexibility index (Phi) is 3.65. The van der Waals surface area contributed by atoms with Crippen LogP contribution in [0.2, 0.25) is 0 Å². The quantitative estimate of drug-likeness (QED) is 0.644. The molecule has 0 fully saturated rings. The Labute approximate surface area is 59.2 Å². The van der Waals surface area contributed by atoms with Crippen LogP contribution in [0.5, 0.6) is 0 Å². The van der Waals surface area contributed by atoms with Crippen molar-refractivity contribution in [3.63, 3.8) is 0 Å². The second-order valence-electron chi connectivity index (χ2n) is 2.41. The van der Waals surface area contributed by atoms with Crippen molar-refractivity contribution < 1.29 is 5.11 Å². The van der Waals surface area contributed by atoms with Gasteiger partial charge in [-0.15, -0.1) is 0 Å². The van der Waals surface area contributed by atoms with E-state index in [-0.39, 0.29) is 10.9 Å². The van der Waals surface area contributed by atoms with Gasteiger partial charge in [-0.05, 0) is 5.92 Å². The molecule has 0 radical (unpaired) electrons. The van der Waals surface area contributed by atoms with Crippen molar-refractivity contribution in [2.45, 2.75) is 31.7 Å². The van der Waals surface area contributed by atoms with Crippen LogP contribution in [0.3, 0.4) is 0 Å². The lowest BCUT2D eigenvalue weighted by molar-refractivity contribution is 0.128. The topological polar surface area (TPSA) is 20.2 Å². The fourth-order valence-corrected chi connectivity index (χ4v) is 1.14. The Bertz CT molecular complexity index is 53.5. The highest BCUT2D eigenvalue weighted by molar-refractivity contribution is 9.09. The average molecular weight is 181 g/mol. The van der Waals surface area contributed by atoms with Crippen LogP contribution in [-0.2, 0) is 0 Å². The van der Waals surface area contributed by atoms with Crippen LogP contribution in [0.1, 0.15) is 20.8 Å². The maximum atomic E-state index is 9.16. The van der Waals surface area contributed by atoms with Gasteiger partial charge in [0.2, 0.25) is 0 Å². The highest BCUT2D eigenvalue weighted by Crippen LogP contribution is 2.11. The van der Waals surface area contributed by atoms with Gasteiger partial charge in [0.25, 0.3) is 0 Å². The predicted octanol–water partition coefficient (Wildman–Crippen LogP) is 1.79. The zero-order valence-corrected chi connectivity index (χ0v) is 7.14. The van der Waals surface area contributed by atoms with Crippen LogP contribution in [0.25, 0.3) is 0 Å². The average Bonchev–Trinajstić information content (AvgIpc) is 1.64. The minimum atomic E-state index is -0.213. The number of halogens is 1. The van der Waals surface area contributed by atoms with Crippen LogP contribution in [0, 0.1) is 5.92 Å². The molecule has 0 aromatic carbocycles. The molecule has 0 amide bonds. The van der Waals surface area contributed by atoms with Gasteiger partial charge in [0.05, 0.1) is 6.10 Å². The molecular weight excluding hydrogens is 168 g/mol. The summed E-state index contributed by atoms with van der Waals surface area (Å²) in [5, 5.41) is 9.16. The molecule has 1 N–H and O–H groups in total. The van der Waals surface area contributed by atoms with E-state index in [9.17, 15) is 0 Å². The number of hydrogen-bond acceptors (Lipinski definition) is 1. The first-order valence-electron chi connectivity index (χ1n) is 2.88. The van der Waals surface area contributed by atoms with Crippen molar-refractivity contribution in [1.82, 2.24) is 0 Å². The maximum absolute atomic E-state index is 9.16. The zero-order chi connectivity index (χ0) is 6.73. The van der Waals surface area contributed by atoms with Crippen molar-refractivity contribution in [3.8, 4) is 0 Å². The zero-order valence-electron chi connectivity index (χ0n) is 5.56. The molecule has 0 aliphatic heterocycles. The summed E-state index contributed by atoms with van der Waals surface area (Å²) in [4.78, 5) is 0.211. The fraction of sp³-hybridized carbons (Fsp3) is 1.00. The Morgan fingerprint density at radius 2 is 1.62 bits per heavy atom. The van der Waals surface area contributed by atoms with E-state index < -0.39 is 0 Å². The van der Waals surface area contributed by atoms with E-state index in [1.165, 1.54) is 0 Å². The van der Waals surface area contributed by atoms with Crippen LogP contribution in [0.4, 0.5) is 0 Å². The number of aliphatic hydroxyl groups is 1. The van der Waals surface area contributed by atoms with Gasteiger partial charge in [0.15, 0.2) is 0 Å². The number of hydrogen-bond donors (Lipinski definition) is 1. The molecule has 0 aliphatic rings. The first-order valence-corrected chi connectivity index (χ1v) is 3.79. The molecule has 0 aromatic rings. The van der Waals surface area contributed by atoms with Crippen LogP contribution >= 0.6 is 15.9 Å². The normalized spacial score (nSPS) is 18.8. The van der Waals surface area contributed by atoms with E-state index >= 15 is 0 Å². The highest BCUT2D eigenvalue weighted by Gasteiger charge is 2.13. The van der Waals surface area contributed by atoms with E-state index in [4.69, 9.17) is 5.11 Å². The molecule has 0 saturated carbocycles. The molecule has 2 heteroatoms. The third kappa shape index (κ3) is 2.68. The summed E-state index contributed by atoms with van der Waals surface area (Å²) in [5.74, 6) is 0.351. The summed E-state index contributed by atoms with van der Waals surface area (Å²) in [6.45, 7) is 5.95. The van der Waals surface area contributed by atoms with E-state index in [2.05, 4.69) is 15.9 Å². The molecule has 2 unspecified atom stereocenters. The number of alkyl halides is 1. The predicted molar refractivity (Wildman–Crippen MR) is 39.2 cm³/mol. The molecule has 0 rings (SSSR count). The van der Waals surface area contributed by atoms with Crippen molar-refractivity contribution in [1.29, 1.82) is 0 Å².